The van der Waals surface area contributed by atoms with Crippen LogP contribution in [0.15, 0.2) is 23.3 Å². The molecule has 1 heterocycles. The Hall–Kier alpha value is -2.17. The predicted octanol–water partition coefficient (Wildman–Crippen LogP) is 2.02. The number of allylic oxidation sites excluding steroid dienone is 2. The van der Waals surface area contributed by atoms with E-state index in [-0.39, 0.29) is 11.5 Å². The zero-order valence-electron chi connectivity index (χ0n) is 11.1. The average Bonchev–Trinajstić information content (AvgIpc) is 2.35. The van der Waals surface area contributed by atoms with E-state index in [1.807, 2.05) is 32.1 Å². The Labute approximate surface area is 106 Å². The number of aromatic amines is 1. The number of methoxy groups -OCH3 is 1. The van der Waals surface area contributed by atoms with E-state index in [1.165, 1.54) is 20.4 Å². The maximum Gasteiger partial charge on any atom is 0.302 e. The van der Waals surface area contributed by atoms with Gasteiger partial charge in [-0.05, 0) is 19.9 Å². The van der Waals surface area contributed by atoms with Gasteiger partial charge in [0.15, 0.2) is 0 Å². The van der Waals surface area contributed by atoms with Gasteiger partial charge >= 0.3 is 5.97 Å². The van der Waals surface area contributed by atoms with Gasteiger partial charge in [0.25, 0.3) is 5.56 Å². The van der Waals surface area contributed by atoms with E-state index < -0.39 is 0 Å². The van der Waals surface area contributed by atoms with Crippen molar-refractivity contribution in [3.05, 3.63) is 40.1 Å². The number of hydrogen-bond acceptors (Lipinski definition) is 4. The maximum atomic E-state index is 11.3. The molecule has 0 fully saturated rings. The molecule has 1 aromatic rings. The van der Waals surface area contributed by atoms with E-state index >= 15 is 0 Å². The second-order valence-electron chi connectivity index (χ2n) is 3.23. The summed E-state index contributed by atoms with van der Waals surface area (Å²) >= 11 is 0. The van der Waals surface area contributed by atoms with Crippen molar-refractivity contribution in [1.82, 2.24) is 9.97 Å². The summed E-state index contributed by atoms with van der Waals surface area (Å²) in [5.41, 5.74) is 1.19. The van der Waals surface area contributed by atoms with Crippen LogP contribution in [0.3, 0.4) is 0 Å². The highest BCUT2D eigenvalue weighted by Crippen LogP contribution is 2.03. The molecule has 0 aliphatic heterocycles. The van der Waals surface area contributed by atoms with Crippen LogP contribution < -0.4 is 5.56 Å². The third-order valence-electron chi connectivity index (χ3n) is 1.87. The highest BCUT2D eigenvalue weighted by molar-refractivity contribution is 5.65. The van der Waals surface area contributed by atoms with Crippen molar-refractivity contribution in [2.45, 2.75) is 20.8 Å². The monoisotopic (exact) mass is 250 g/mol. The molecule has 1 rings (SSSR count). The summed E-state index contributed by atoms with van der Waals surface area (Å²) in [4.78, 5) is 27.5. The minimum atomic E-state index is -0.245. The average molecular weight is 250 g/mol. The molecule has 0 saturated carbocycles. The molecule has 0 spiro atoms. The number of carbonyl (C=O) groups excluding carboxylic acids is 1. The predicted molar refractivity (Wildman–Crippen MR) is 72.0 cm³/mol. The van der Waals surface area contributed by atoms with Gasteiger partial charge in [0, 0.05) is 6.92 Å². The quantitative estimate of drug-likeness (QED) is 0.815. The maximum absolute atomic E-state index is 11.3. The number of nitrogens with zero attached hydrogens (tertiary/aromatic N) is 1. The minimum absolute atomic E-state index is 0.110. The van der Waals surface area contributed by atoms with Gasteiger partial charge in [0.2, 0.25) is 0 Å². The van der Waals surface area contributed by atoms with Crippen molar-refractivity contribution in [2.24, 2.45) is 0 Å². The Kier molecular flexibility index (Phi) is 7.85. The highest BCUT2D eigenvalue weighted by Gasteiger charge is 2.00. The molecule has 0 atom stereocenters. The number of H-pyrrole nitrogens is 1. The second-order valence-corrected chi connectivity index (χ2v) is 3.23. The molecule has 5 heteroatoms. The molecule has 0 radical (unpaired) electrons. The first-order valence-corrected chi connectivity index (χ1v) is 5.44. The lowest BCUT2D eigenvalue weighted by Gasteiger charge is -1.96. The van der Waals surface area contributed by atoms with Gasteiger partial charge in [-0.25, -0.2) is 4.98 Å². The van der Waals surface area contributed by atoms with E-state index in [0.29, 0.717) is 11.3 Å². The number of carbonyl (C=O) groups is 1. The zero-order chi connectivity index (χ0) is 14.0. The largest absolute Gasteiger partial charge is 0.469 e. The zero-order valence-corrected chi connectivity index (χ0v) is 11.1. The molecule has 0 unspecified atom stereocenters. The standard InChI is InChI=1S/C10H12N2O.C3H6O2/c1-3-5-8-9(6-4-2)11-7-12-10(8)13;1-3(4)5-2/h3-7H,1-2H3,(H,11,12,13);1-2H3/b5-3-,6-4-;. The molecule has 0 bridgehead atoms. The van der Waals surface area contributed by atoms with Crippen LogP contribution in [-0.2, 0) is 9.53 Å². The van der Waals surface area contributed by atoms with E-state index in [4.69, 9.17) is 0 Å². The van der Waals surface area contributed by atoms with Crippen molar-refractivity contribution >= 4 is 18.1 Å². The molecule has 5 nitrogen and oxygen atoms in total. The Morgan fingerprint density at radius 3 is 2.33 bits per heavy atom. The second kappa shape index (κ2) is 8.92. The summed E-state index contributed by atoms with van der Waals surface area (Å²) in [5, 5.41) is 0. The lowest BCUT2D eigenvalue weighted by molar-refractivity contribution is -0.137. The number of hydrogen-bond donors (Lipinski definition) is 1. The summed E-state index contributed by atoms with van der Waals surface area (Å²) in [6.07, 6.45) is 8.64. The van der Waals surface area contributed by atoms with Crippen LogP contribution in [0.25, 0.3) is 12.2 Å². The van der Waals surface area contributed by atoms with Crippen molar-refractivity contribution in [2.75, 3.05) is 7.11 Å². The van der Waals surface area contributed by atoms with Gasteiger partial charge < -0.3 is 9.72 Å². The lowest BCUT2D eigenvalue weighted by Crippen LogP contribution is -2.11. The SMILES string of the molecule is C/C=C\c1nc[nH]c(=O)c1/C=C\C.COC(C)=O. The van der Waals surface area contributed by atoms with Crippen molar-refractivity contribution < 1.29 is 9.53 Å². The summed E-state index contributed by atoms with van der Waals surface area (Å²) in [5.74, 6) is -0.245. The van der Waals surface area contributed by atoms with Gasteiger partial charge in [-0.2, -0.15) is 0 Å². The van der Waals surface area contributed by atoms with Crippen molar-refractivity contribution in [1.29, 1.82) is 0 Å². The third kappa shape index (κ3) is 5.79. The van der Waals surface area contributed by atoms with Gasteiger partial charge in [-0.3, -0.25) is 9.59 Å². The number of esters is 1. The molecule has 0 aromatic carbocycles. The molecule has 0 saturated heterocycles. The first-order valence-electron chi connectivity index (χ1n) is 5.44. The van der Waals surface area contributed by atoms with Gasteiger partial charge in [-0.15, -0.1) is 0 Å². The lowest BCUT2D eigenvalue weighted by atomic mass is 10.2. The molecule has 1 N–H and O–H groups in total. The van der Waals surface area contributed by atoms with Crippen LogP contribution in [0, 0.1) is 0 Å². The van der Waals surface area contributed by atoms with Crippen LogP contribution >= 0.6 is 0 Å². The summed E-state index contributed by atoms with van der Waals surface area (Å²) in [7, 11) is 1.35. The van der Waals surface area contributed by atoms with Crippen molar-refractivity contribution in [3.63, 3.8) is 0 Å². The Balaban J connectivity index is 0.000000494. The molecular formula is C13H18N2O3. The summed E-state index contributed by atoms with van der Waals surface area (Å²) < 4.78 is 4.11. The molecule has 98 valence electrons. The molecule has 0 aliphatic carbocycles. The smallest absolute Gasteiger partial charge is 0.302 e. The van der Waals surface area contributed by atoms with Gasteiger partial charge in [0.1, 0.15) is 0 Å². The molecule has 0 amide bonds. The Morgan fingerprint density at radius 1 is 1.33 bits per heavy atom. The first-order chi connectivity index (χ1) is 8.56. The number of aromatic nitrogens is 2. The normalized spacial score (nSPS) is 10.2. The topological polar surface area (TPSA) is 72.1 Å². The van der Waals surface area contributed by atoms with Crippen LogP contribution in [0.5, 0.6) is 0 Å². The Bertz CT molecular complexity index is 487. The van der Waals surface area contributed by atoms with Crippen LogP contribution in [0.1, 0.15) is 32.0 Å². The van der Waals surface area contributed by atoms with E-state index in [1.54, 1.807) is 6.08 Å². The fraction of sp³-hybridized carbons (Fsp3) is 0.308. The third-order valence-corrected chi connectivity index (χ3v) is 1.87. The van der Waals surface area contributed by atoms with E-state index in [0.717, 1.165) is 0 Å². The highest BCUT2D eigenvalue weighted by atomic mass is 16.5. The van der Waals surface area contributed by atoms with Crippen LogP contribution in [0.4, 0.5) is 0 Å². The van der Waals surface area contributed by atoms with Crippen LogP contribution in [-0.4, -0.2) is 23.0 Å². The molecule has 1 aromatic heterocycles. The first kappa shape index (κ1) is 15.8. The van der Waals surface area contributed by atoms with Crippen LogP contribution in [0.2, 0.25) is 0 Å². The fourth-order valence-electron chi connectivity index (χ4n) is 1.04. The molecule has 0 aliphatic rings. The molecular weight excluding hydrogens is 232 g/mol. The number of ether oxygens (including phenoxy) is 1. The minimum Gasteiger partial charge on any atom is -0.469 e. The number of rotatable bonds is 2. The van der Waals surface area contributed by atoms with Crippen molar-refractivity contribution in [3.8, 4) is 0 Å². The fourth-order valence-corrected chi connectivity index (χ4v) is 1.04. The summed E-state index contributed by atoms with van der Waals surface area (Å²) in [6, 6.07) is 0. The van der Waals surface area contributed by atoms with E-state index in [9.17, 15) is 9.59 Å². The van der Waals surface area contributed by atoms with Gasteiger partial charge in [0.05, 0.1) is 24.7 Å². The molecule has 18 heavy (non-hydrogen) atoms. The number of nitrogens with one attached hydrogen (secondary N) is 1. The summed E-state index contributed by atoms with van der Waals surface area (Å²) in [6.45, 7) is 5.12. The Morgan fingerprint density at radius 2 is 1.89 bits per heavy atom. The van der Waals surface area contributed by atoms with Gasteiger partial charge in [-0.1, -0.05) is 18.2 Å². The van der Waals surface area contributed by atoms with E-state index in [2.05, 4.69) is 14.7 Å².